The van der Waals surface area contributed by atoms with Gasteiger partial charge in [-0.3, -0.25) is 4.79 Å². The minimum Gasteiger partial charge on any atom is -0.349 e. The molecule has 0 radical (unpaired) electrons. The Balaban J connectivity index is 0.00000272. The van der Waals surface area contributed by atoms with Crippen molar-refractivity contribution in [2.45, 2.75) is 57.0 Å². The highest BCUT2D eigenvalue weighted by Crippen LogP contribution is 2.39. The monoisotopic (exact) mass is 461 g/mol. The van der Waals surface area contributed by atoms with Gasteiger partial charge in [0.2, 0.25) is 0 Å². The van der Waals surface area contributed by atoms with Gasteiger partial charge < -0.3 is 11.1 Å². The molecule has 8 heteroatoms. The van der Waals surface area contributed by atoms with Gasteiger partial charge >= 0.3 is 0 Å². The standard InChI is InChI=1S/C23H28ClN5O.ClH/c1-15(2)29-21-7-6-16(12-20(21)27-28-29)22(30)26-19-8-10-23(14-25,11-9-19)17-4-3-5-18(24)13-17;/h3-7,12-13,15,19H,8-11,14,25H2,1-2H3,(H,26,30);1H. The maximum absolute atomic E-state index is 12.8. The summed E-state index contributed by atoms with van der Waals surface area (Å²) in [5.41, 5.74) is 9.61. The molecule has 0 saturated heterocycles. The molecule has 1 aliphatic carbocycles. The van der Waals surface area contributed by atoms with Gasteiger partial charge in [-0.15, -0.1) is 17.5 Å². The van der Waals surface area contributed by atoms with Gasteiger partial charge in [-0.25, -0.2) is 4.68 Å². The molecule has 1 saturated carbocycles. The van der Waals surface area contributed by atoms with Crippen LogP contribution >= 0.6 is 24.0 Å². The Morgan fingerprint density at radius 1 is 1.26 bits per heavy atom. The zero-order chi connectivity index (χ0) is 21.3. The number of benzene rings is 2. The van der Waals surface area contributed by atoms with E-state index in [0.717, 1.165) is 41.7 Å². The molecule has 2 aromatic carbocycles. The number of nitrogens with one attached hydrogen (secondary N) is 1. The van der Waals surface area contributed by atoms with Crippen LogP contribution in [0.2, 0.25) is 5.02 Å². The van der Waals surface area contributed by atoms with E-state index in [0.29, 0.717) is 12.1 Å². The van der Waals surface area contributed by atoms with Crippen molar-refractivity contribution in [1.82, 2.24) is 20.3 Å². The van der Waals surface area contributed by atoms with Crippen LogP contribution in [0.4, 0.5) is 0 Å². The molecule has 4 rings (SSSR count). The second-order valence-electron chi connectivity index (χ2n) is 8.57. The highest BCUT2D eigenvalue weighted by atomic mass is 35.5. The van der Waals surface area contributed by atoms with Crippen LogP contribution in [0.5, 0.6) is 0 Å². The molecule has 0 spiro atoms. The van der Waals surface area contributed by atoms with Gasteiger partial charge in [-0.05, 0) is 75.4 Å². The van der Waals surface area contributed by atoms with Crippen LogP contribution in [0.1, 0.15) is 61.5 Å². The van der Waals surface area contributed by atoms with Crippen LogP contribution in [0.15, 0.2) is 42.5 Å². The Hall–Kier alpha value is -2.15. The fraction of sp³-hybridized carbons (Fsp3) is 0.435. The number of carbonyl (C=O) groups is 1. The lowest BCUT2D eigenvalue weighted by Crippen LogP contribution is -2.45. The number of aromatic nitrogens is 3. The number of carbonyl (C=O) groups excluding carboxylic acids is 1. The van der Waals surface area contributed by atoms with E-state index in [4.69, 9.17) is 17.3 Å². The smallest absolute Gasteiger partial charge is 0.251 e. The van der Waals surface area contributed by atoms with Gasteiger partial charge in [-0.1, -0.05) is 28.9 Å². The summed E-state index contributed by atoms with van der Waals surface area (Å²) >= 11 is 6.20. The molecule has 166 valence electrons. The molecule has 31 heavy (non-hydrogen) atoms. The summed E-state index contributed by atoms with van der Waals surface area (Å²) in [6.45, 7) is 4.70. The van der Waals surface area contributed by atoms with Crippen molar-refractivity contribution >= 4 is 40.9 Å². The van der Waals surface area contributed by atoms with Gasteiger partial charge in [-0.2, -0.15) is 0 Å². The number of nitrogens with two attached hydrogens (primary N) is 1. The molecule has 0 unspecified atom stereocenters. The molecule has 0 bridgehead atoms. The Morgan fingerprint density at radius 3 is 2.65 bits per heavy atom. The van der Waals surface area contributed by atoms with E-state index < -0.39 is 0 Å². The predicted octanol–water partition coefficient (Wildman–Crippen LogP) is 4.66. The quantitative estimate of drug-likeness (QED) is 0.578. The Morgan fingerprint density at radius 2 is 2.00 bits per heavy atom. The molecule has 3 N–H and O–H groups in total. The third kappa shape index (κ3) is 4.71. The first kappa shape index (κ1) is 23.5. The molecule has 3 aromatic rings. The van der Waals surface area contributed by atoms with Crippen LogP contribution in [0.3, 0.4) is 0 Å². The Kier molecular flexibility index (Phi) is 7.24. The van der Waals surface area contributed by atoms with E-state index in [2.05, 4.69) is 35.5 Å². The van der Waals surface area contributed by atoms with E-state index >= 15 is 0 Å². The van der Waals surface area contributed by atoms with Crippen molar-refractivity contribution in [3.8, 4) is 0 Å². The fourth-order valence-corrected chi connectivity index (χ4v) is 4.67. The first-order valence-electron chi connectivity index (χ1n) is 10.5. The minimum absolute atomic E-state index is 0. The molecule has 6 nitrogen and oxygen atoms in total. The lowest BCUT2D eigenvalue weighted by molar-refractivity contribution is 0.0918. The number of hydrogen-bond acceptors (Lipinski definition) is 4. The van der Waals surface area contributed by atoms with E-state index in [1.54, 1.807) is 0 Å². The topological polar surface area (TPSA) is 85.8 Å². The van der Waals surface area contributed by atoms with Crippen LogP contribution in [-0.4, -0.2) is 33.5 Å². The normalized spacial score (nSPS) is 21.1. The van der Waals surface area contributed by atoms with Crippen molar-refractivity contribution in [2.75, 3.05) is 6.54 Å². The number of amides is 1. The number of fused-ring (bicyclic) bond motifs is 1. The third-order valence-electron chi connectivity index (χ3n) is 6.33. The zero-order valence-electron chi connectivity index (χ0n) is 17.8. The summed E-state index contributed by atoms with van der Waals surface area (Å²) in [6, 6.07) is 13.9. The molecule has 1 heterocycles. The highest BCUT2D eigenvalue weighted by Gasteiger charge is 2.36. The number of nitrogens with zero attached hydrogens (tertiary/aromatic N) is 3. The van der Waals surface area contributed by atoms with E-state index in [1.165, 1.54) is 5.56 Å². The molecular formula is C23H29Cl2N5O. The van der Waals surface area contributed by atoms with Crippen LogP contribution < -0.4 is 11.1 Å². The molecule has 1 amide bonds. The van der Waals surface area contributed by atoms with Crippen LogP contribution in [0, 0.1) is 0 Å². The average Bonchev–Trinajstić information content (AvgIpc) is 3.18. The van der Waals surface area contributed by atoms with Gasteiger partial charge in [0.15, 0.2) is 0 Å². The fourth-order valence-electron chi connectivity index (χ4n) is 4.48. The predicted molar refractivity (Wildman–Crippen MR) is 127 cm³/mol. The lowest BCUT2D eigenvalue weighted by Gasteiger charge is -2.40. The molecule has 1 aromatic heterocycles. The van der Waals surface area contributed by atoms with Gasteiger partial charge in [0, 0.05) is 34.6 Å². The lowest BCUT2D eigenvalue weighted by atomic mass is 9.68. The Bertz CT molecular complexity index is 1060. The SMILES string of the molecule is CC(C)n1nnc2cc(C(=O)NC3CCC(CN)(c4cccc(Cl)c4)CC3)ccc21.Cl. The largest absolute Gasteiger partial charge is 0.349 e. The summed E-state index contributed by atoms with van der Waals surface area (Å²) in [6.07, 6.45) is 3.63. The summed E-state index contributed by atoms with van der Waals surface area (Å²) in [5.74, 6) is -0.0657. The third-order valence-corrected chi connectivity index (χ3v) is 6.56. The zero-order valence-corrected chi connectivity index (χ0v) is 19.4. The van der Waals surface area contributed by atoms with Crippen molar-refractivity contribution < 1.29 is 4.79 Å². The first-order valence-corrected chi connectivity index (χ1v) is 10.9. The molecule has 0 atom stereocenters. The van der Waals surface area contributed by atoms with E-state index in [-0.39, 0.29) is 35.8 Å². The average molecular weight is 462 g/mol. The van der Waals surface area contributed by atoms with Crippen LogP contribution in [0.25, 0.3) is 11.0 Å². The molecule has 1 aliphatic rings. The second-order valence-corrected chi connectivity index (χ2v) is 9.01. The van der Waals surface area contributed by atoms with E-state index in [9.17, 15) is 4.79 Å². The number of hydrogen-bond donors (Lipinski definition) is 2. The summed E-state index contributed by atoms with van der Waals surface area (Å²) in [4.78, 5) is 12.8. The maximum atomic E-state index is 12.8. The van der Waals surface area contributed by atoms with Crippen molar-refractivity contribution in [3.05, 3.63) is 58.6 Å². The first-order chi connectivity index (χ1) is 14.4. The maximum Gasteiger partial charge on any atom is 0.251 e. The van der Waals surface area contributed by atoms with E-state index in [1.807, 2.05) is 41.1 Å². The summed E-state index contributed by atoms with van der Waals surface area (Å²) in [7, 11) is 0. The van der Waals surface area contributed by atoms with Gasteiger partial charge in [0.1, 0.15) is 5.52 Å². The molecular weight excluding hydrogens is 433 g/mol. The number of rotatable bonds is 5. The van der Waals surface area contributed by atoms with Gasteiger partial charge in [0.25, 0.3) is 5.91 Å². The number of halogens is 2. The highest BCUT2D eigenvalue weighted by molar-refractivity contribution is 6.30. The van der Waals surface area contributed by atoms with Crippen molar-refractivity contribution in [3.63, 3.8) is 0 Å². The van der Waals surface area contributed by atoms with Gasteiger partial charge in [0.05, 0.1) is 5.52 Å². The molecule has 0 aliphatic heterocycles. The second kappa shape index (κ2) is 9.55. The summed E-state index contributed by atoms with van der Waals surface area (Å²) in [5, 5.41) is 12.3. The minimum atomic E-state index is -0.0691. The Labute approximate surface area is 193 Å². The van der Waals surface area contributed by atoms with Crippen molar-refractivity contribution in [2.24, 2.45) is 5.73 Å². The summed E-state index contributed by atoms with van der Waals surface area (Å²) < 4.78 is 1.86. The van der Waals surface area contributed by atoms with Crippen molar-refractivity contribution in [1.29, 1.82) is 0 Å². The molecule has 1 fully saturated rings. The van der Waals surface area contributed by atoms with Crippen LogP contribution in [-0.2, 0) is 5.41 Å².